The van der Waals surface area contributed by atoms with E-state index in [9.17, 15) is 0 Å². The summed E-state index contributed by atoms with van der Waals surface area (Å²) in [6.45, 7) is 7.06. The van der Waals surface area contributed by atoms with Gasteiger partial charge in [-0.25, -0.2) is 0 Å². The van der Waals surface area contributed by atoms with Gasteiger partial charge in [0.05, 0.1) is 18.8 Å². The molecule has 22 heavy (non-hydrogen) atoms. The van der Waals surface area contributed by atoms with Crippen LogP contribution in [0.4, 0.5) is 0 Å². The van der Waals surface area contributed by atoms with Gasteiger partial charge in [-0.2, -0.15) is 0 Å². The van der Waals surface area contributed by atoms with E-state index in [1.165, 1.54) is 12.0 Å². The maximum atomic E-state index is 6.45. The number of hydrogen-bond acceptors (Lipinski definition) is 3. The van der Waals surface area contributed by atoms with Gasteiger partial charge in [-0.1, -0.05) is 26.0 Å². The molecule has 1 aromatic carbocycles. The van der Waals surface area contributed by atoms with Gasteiger partial charge >= 0.3 is 7.12 Å². The molecule has 3 aliphatic carbocycles. The van der Waals surface area contributed by atoms with Crippen molar-refractivity contribution in [3.63, 3.8) is 0 Å². The van der Waals surface area contributed by atoms with E-state index in [1.807, 2.05) is 12.1 Å². The van der Waals surface area contributed by atoms with Crippen LogP contribution in [0.2, 0.25) is 0 Å². The maximum Gasteiger partial charge on any atom is 0.462 e. The minimum atomic E-state index is -0.112. The molecular formula is C18H25BO3. The summed E-state index contributed by atoms with van der Waals surface area (Å²) in [5.74, 6) is 2.32. The van der Waals surface area contributed by atoms with Gasteiger partial charge in [0.15, 0.2) is 0 Å². The first-order chi connectivity index (χ1) is 10.4. The zero-order valence-electron chi connectivity index (χ0n) is 14.0. The second-order valence-electron chi connectivity index (χ2n) is 7.95. The van der Waals surface area contributed by atoms with Crippen molar-refractivity contribution in [2.24, 2.45) is 17.3 Å². The van der Waals surface area contributed by atoms with Crippen molar-refractivity contribution in [2.45, 2.75) is 51.6 Å². The second kappa shape index (κ2) is 4.75. The van der Waals surface area contributed by atoms with E-state index in [1.54, 1.807) is 7.11 Å². The Balaban J connectivity index is 1.48. The summed E-state index contributed by atoms with van der Waals surface area (Å²) in [6.07, 6.45) is 3.54. The number of methoxy groups -OCH3 is 1. The number of benzene rings is 1. The van der Waals surface area contributed by atoms with Crippen LogP contribution >= 0.6 is 0 Å². The Morgan fingerprint density at radius 1 is 1.18 bits per heavy atom. The molecule has 0 N–H and O–H groups in total. The van der Waals surface area contributed by atoms with Crippen LogP contribution in [0.3, 0.4) is 0 Å². The Bertz CT molecular complexity index is 570. The van der Waals surface area contributed by atoms with E-state index in [2.05, 4.69) is 32.9 Å². The van der Waals surface area contributed by atoms with Crippen LogP contribution in [0, 0.1) is 17.3 Å². The molecular weight excluding hydrogens is 275 g/mol. The van der Waals surface area contributed by atoms with E-state index in [-0.39, 0.29) is 18.8 Å². The molecule has 4 fully saturated rings. The highest BCUT2D eigenvalue weighted by atomic mass is 16.7. The van der Waals surface area contributed by atoms with Gasteiger partial charge < -0.3 is 14.0 Å². The fourth-order valence-corrected chi connectivity index (χ4v) is 4.99. The molecule has 1 heterocycles. The Morgan fingerprint density at radius 2 is 1.91 bits per heavy atom. The van der Waals surface area contributed by atoms with Gasteiger partial charge in [0.2, 0.25) is 0 Å². The predicted molar refractivity (Wildman–Crippen MR) is 86.8 cm³/mol. The lowest BCUT2D eigenvalue weighted by atomic mass is 9.43. The van der Waals surface area contributed by atoms with Crippen molar-refractivity contribution >= 4 is 7.12 Å². The summed E-state index contributed by atoms with van der Waals surface area (Å²) < 4.78 is 17.9. The average Bonchev–Trinajstić information content (AvgIpc) is 2.83. The summed E-state index contributed by atoms with van der Waals surface area (Å²) >= 11 is 0. The normalized spacial score (nSPS) is 38.4. The number of hydrogen-bond donors (Lipinski definition) is 0. The molecule has 3 nitrogen and oxygen atoms in total. The SMILES string of the molecule is COc1ccc(CB2O[C@@H]3C[C@@H]4CC(C4(C)C)[C@]3(C)O2)cc1. The van der Waals surface area contributed by atoms with Crippen molar-refractivity contribution in [1.82, 2.24) is 0 Å². The van der Waals surface area contributed by atoms with Crippen molar-refractivity contribution < 1.29 is 14.0 Å². The largest absolute Gasteiger partial charge is 0.497 e. The van der Waals surface area contributed by atoms with Gasteiger partial charge in [0.1, 0.15) is 5.75 Å². The molecule has 4 atom stereocenters. The van der Waals surface area contributed by atoms with Crippen LogP contribution in [0.25, 0.3) is 0 Å². The average molecular weight is 300 g/mol. The summed E-state index contributed by atoms with van der Waals surface area (Å²) in [4.78, 5) is 0. The summed E-state index contributed by atoms with van der Waals surface area (Å²) in [7, 11) is 1.58. The minimum Gasteiger partial charge on any atom is -0.497 e. The molecule has 1 aliphatic heterocycles. The third-order valence-corrected chi connectivity index (χ3v) is 6.56. The molecule has 4 heteroatoms. The van der Waals surface area contributed by atoms with Crippen molar-refractivity contribution in [3.05, 3.63) is 29.8 Å². The first-order valence-corrected chi connectivity index (χ1v) is 8.39. The van der Waals surface area contributed by atoms with Crippen LogP contribution in [0.5, 0.6) is 5.75 Å². The first kappa shape index (κ1) is 14.6. The third-order valence-electron chi connectivity index (χ3n) is 6.56. The zero-order chi connectivity index (χ0) is 15.5. The van der Waals surface area contributed by atoms with Gasteiger partial charge in [0, 0.05) is 6.32 Å². The highest BCUT2D eigenvalue weighted by Gasteiger charge is 2.67. The smallest absolute Gasteiger partial charge is 0.462 e. The molecule has 118 valence electrons. The zero-order valence-corrected chi connectivity index (χ0v) is 14.0. The molecule has 2 bridgehead atoms. The fourth-order valence-electron chi connectivity index (χ4n) is 4.99. The number of rotatable bonds is 3. The monoisotopic (exact) mass is 300 g/mol. The lowest BCUT2D eigenvalue weighted by Crippen LogP contribution is -2.65. The molecule has 1 aromatic rings. The maximum absolute atomic E-state index is 6.45. The van der Waals surface area contributed by atoms with Crippen LogP contribution in [0.15, 0.2) is 24.3 Å². The Labute approximate surface area is 133 Å². The molecule has 0 amide bonds. The van der Waals surface area contributed by atoms with Crippen LogP contribution in [-0.2, 0) is 15.6 Å². The second-order valence-corrected chi connectivity index (χ2v) is 7.95. The van der Waals surface area contributed by atoms with Gasteiger partial charge in [-0.05, 0) is 54.7 Å². The first-order valence-electron chi connectivity index (χ1n) is 8.39. The fraction of sp³-hybridized carbons (Fsp3) is 0.667. The van der Waals surface area contributed by atoms with Crippen molar-refractivity contribution in [3.8, 4) is 5.75 Å². The highest BCUT2D eigenvalue weighted by Crippen LogP contribution is 2.65. The van der Waals surface area contributed by atoms with E-state index in [4.69, 9.17) is 14.0 Å². The van der Waals surface area contributed by atoms with E-state index in [0.717, 1.165) is 24.4 Å². The summed E-state index contributed by atoms with van der Waals surface area (Å²) in [5, 5.41) is 0. The van der Waals surface area contributed by atoms with E-state index in [0.29, 0.717) is 11.3 Å². The van der Waals surface area contributed by atoms with E-state index < -0.39 is 0 Å². The Kier molecular flexibility index (Phi) is 3.15. The van der Waals surface area contributed by atoms with Gasteiger partial charge in [0.25, 0.3) is 0 Å². The Morgan fingerprint density at radius 3 is 2.55 bits per heavy atom. The number of ether oxygens (including phenoxy) is 1. The van der Waals surface area contributed by atoms with Gasteiger partial charge in [-0.15, -0.1) is 0 Å². The highest BCUT2D eigenvalue weighted by molar-refractivity contribution is 6.44. The van der Waals surface area contributed by atoms with E-state index >= 15 is 0 Å². The van der Waals surface area contributed by atoms with Crippen LogP contribution < -0.4 is 4.74 Å². The molecule has 1 unspecified atom stereocenters. The predicted octanol–water partition coefficient (Wildman–Crippen LogP) is 3.51. The van der Waals surface area contributed by atoms with Crippen molar-refractivity contribution in [2.75, 3.05) is 7.11 Å². The van der Waals surface area contributed by atoms with Crippen molar-refractivity contribution in [1.29, 1.82) is 0 Å². The molecule has 3 saturated carbocycles. The Hall–Kier alpha value is -0.995. The molecule has 1 saturated heterocycles. The topological polar surface area (TPSA) is 27.7 Å². The summed E-state index contributed by atoms with van der Waals surface area (Å²) in [6, 6.07) is 8.19. The molecule has 4 aliphatic rings. The van der Waals surface area contributed by atoms with Gasteiger partial charge in [-0.3, -0.25) is 0 Å². The minimum absolute atomic E-state index is 0.102. The molecule has 0 aromatic heterocycles. The quantitative estimate of drug-likeness (QED) is 0.800. The molecule has 0 spiro atoms. The molecule has 5 rings (SSSR count). The molecule has 0 radical (unpaired) electrons. The lowest BCUT2D eigenvalue weighted by Gasteiger charge is -2.64. The summed E-state index contributed by atoms with van der Waals surface area (Å²) in [5.41, 5.74) is 1.54. The van der Waals surface area contributed by atoms with Crippen LogP contribution in [-0.4, -0.2) is 25.9 Å². The van der Waals surface area contributed by atoms with Crippen LogP contribution in [0.1, 0.15) is 39.2 Å². The lowest BCUT2D eigenvalue weighted by molar-refractivity contribution is -0.199. The standard InChI is InChI=1S/C18H25BO3/c1-17(2)13-9-15(17)18(3)16(10-13)21-19(22-18)11-12-5-7-14(20-4)8-6-12/h5-8,13,15-16H,9-11H2,1-4H3/t13-,15?,16+,18-/m0/s1. The third kappa shape index (κ3) is 1.96.